The van der Waals surface area contributed by atoms with Gasteiger partial charge in [0.15, 0.2) is 0 Å². The molecule has 0 saturated carbocycles. The summed E-state index contributed by atoms with van der Waals surface area (Å²) in [4.78, 5) is 8.31. The van der Waals surface area contributed by atoms with Crippen LogP contribution in [0.15, 0.2) is 54.9 Å². The fourth-order valence-electron chi connectivity index (χ4n) is 2.47. The van der Waals surface area contributed by atoms with E-state index in [9.17, 15) is 0 Å². The summed E-state index contributed by atoms with van der Waals surface area (Å²) in [6.45, 7) is 6.22. The smallest absolute Gasteiger partial charge is 0.321 e. The minimum Gasteiger partial charge on any atom is -0.423 e. The fourth-order valence-corrected chi connectivity index (χ4v) is 2.47. The molecule has 0 radical (unpaired) electrons. The summed E-state index contributed by atoms with van der Waals surface area (Å²) in [6.07, 6.45) is 3.36. The van der Waals surface area contributed by atoms with Gasteiger partial charge < -0.3 is 4.74 Å². The number of hydrogen-bond acceptors (Lipinski definition) is 3. The Hall–Kier alpha value is -2.68. The first-order valence-electron chi connectivity index (χ1n) is 7.26. The Morgan fingerprint density at radius 2 is 1.50 bits per heavy atom. The van der Waals surface area contributed by atoms with Gasteiger partial charge in [-0.25, -0.2) is 9.97 Å². The molecule has 0 bridgehead atoms. The number of ether oxygens (including phenoxy) is 1. The van der Waals surface area contributed by atoms with E-state index >= 15 is 0 Å². The zero-order valence-corrected chi connectivity index (χ0v) is 13.0. The van der Waals surface area contributed by atoms with Crippen molar-refractivity contribution in [2.24, 2.45) is 0 Å². The molecule has 1 aromatic heterocycles. The Morgan fingerprint density at radius 1 is 0.818 bits per heavy atom. The quantitative estimate of drug-likeness (QED) is 0.691. The van der Waals surface area contributed by atoms with Crippen LogP contribution in [-0.4, -0.2) is 9.97 Å². The van der Waals surface area contributed by atoms with Crippen molar-refractivity contribution in [3.63, 3.8) is 0 Å². The first-order valence-corrected chi connectivity index (χ1v) is 7.26. The summed E-state index contributed by atoms with van der Waals surface area (Å²) in [5.74, 6) is 0.806. The third-order valence-corrected chi connectivity index (χ3v) is 3.52. The van der Waals surface area contributed by atoms with Gasteiger partial charge in [-0.2, -0.15) is 0 Å². The lowest BCUT2D eigenvalue weighted by atomic mass is 9.98. The molecule has 22 heavy (non-hydrogen) atoms. The SMILES string of the molecule is Cc1ccc(-c2cc(C)cc(C)c2Oc2ncccn2)cc1. The molecule has 3 nitrogen and oxygen atoms in total. The molecule has 0 aliphatic rings. The molecule has 110 valence electrons. The molecule has 0 spiro atoms. The zero-order chi connectivity index (χ0) is 15.5. The van der Waals surface area contributed by atoms with Gasteiger partial charge in [-0.1, -0.05) is 35.9 Å². The Bertz CT molecular complexity index is 781. The summed E-state index contributed by atoms with van der Waals surface area (Å²) in [7, 11) is 0. The van der Waals surface area contributed by atoms with Crippen LogP contribution in [0.2, 0.25) is 0 Å². The van der Waals surface area contributed by atoms with Crippen molar-refractivity contribution in [2.75, 3.05) is 0 Å². The minimum absolute atomic E-state index is 0.364. The minimum atomic E-state index is 0.364. The molecule has 3 aromatic rings. The van der Waals surface area contributed by atoms with Crippen LogP contribution in [0.25, 0.3) is 11.1 Å². The van der Waals surface area contributed by atoms with Gasteiger partial charge in [-0.3, -0.25) is 0 Å². The molecule has 3 rings (SSSR count). The van der Waals surface area contributed by atoms with Crippen molar-refractivity contribution < 1.29 is 4.74 Å². The fraction of sp³-hybridized carbons (Fsp3) is 0.158. The molecule has 0 unspecified atom stereocenters. The molecular weight excluding hydrogens is 272 g/mol. The monoisotopic (exact) mass is 290 g/mol. The largest absolute Gasteiger partial charge is 0.423 e. The number of rotatable bonds is 3. The summed E-state index contributed by atoms with van der Waals surface area (Å²) < 4.78 is 5.96. The van der Waals surface area contributed by atoms with E-state index in [0.717, 1.165) is 22.4 Å². The second kappa shape index (κ2) is 5.98. The molecule has 0 atom stereocenters. The highest BCUT2D eigenvalue weighted by molar-refractivity contribution is 5.73. The molecule has 0 fully saturated rings. The third-order valence-electron chi connectivity index (χ3n) is 3.52. The van der Waals surface area contributed by atoms with Crippen LogP contribution in [-0.2, 0) is 0 Å². The van der Waals surface area contributed by atoms with E-state index in [1.54, 1.807) is 18.5 Å². The third kappa shape index (κ3) is 2.98. The van der Waals surface area contributed by atoms with Gasteiger partial charge >= 0.3 is 6.01 Å². The first-order chi connectivity index (χ1) is 10.6. The zero-order valence-electron chi connectivity index (χ0n) is 13.0. The van der Waals surface area contributed by atoms with Crippen LogP contribution in [0, 0.1) is 20.8 Å². The highest BCUT2D eigenvalue weighted by Crippen LogP contribution is 2.36. The van der Waals surface area contributed by atoms with Crippen LogP contribution in [0.4, 0.5) is 0 Å². The molecule has 0 N–H and O–H groups in total. The van der Waals surface area contributed by atoms with Gasteiger partial charge in [0, 0.05) is 18.0 Å². The normalized spacial score (nSPS) is 10.5. The van der Waals surface area contributed by atoms with Crippen molar-refractivity contribution in [3.8, 4) is 22.9 Å². The topological polar surface area (TPSA) is 35.0 Å². The highest BCUT2D eigenvalue weighted by atomic mass is 16.5. The average molecular weight is 290 g/mol. The van der Waals surface area contributed by atoms with Crippen LogP contribution in [0.3, 0.4) is 0 Å². The summed E-state index contributed by atoms with van der Waals surface area (Å²) in [6, 6.07) is 14.8. The van der Waals surface area contributed by atoms with Crippen molar-refractivity contribution in [2.45, 2.75) is 20.8 Å². The van der Waals surface area contributed by atoms with Gasteiger partial charge in [0.2, 0.25) is 0 Å². The lowest BCUT2D eigenvalue weighted by molar-refractivity contribution is 0.440. The number of nitrogens with zero attached hydrogens (tertiary/aromatic N) is 2. The molecule has 0 amide bonds. The van der Waals surface area contributed by atoms with E-state index in [0.29, 0.717) is 6.01 Å². The van der Waals surface area contributed by atoms with Crippen molar-refractivity contribution >= 4 is 0 Å². The van der Waals surface area contributed by atoms with E-state index < -0.39 is 0 Å². The highest BCUT2D eigenvalue weighted by Gasteiger charge is 2.12. The summed E-state index contributed by atoms with van der Waals surface area (Å²) >= 11 is 0. The Kier molecular flexibility index (Phi) is 3.88. The summed E-state index contributed by atoms with van der Waals surface area (Å²) in [5.41, 5.74) is 5.70. The maximum atomic E-state index is 5.96. The van der Waals surface area contributed by atoms with Crippen LogP contribution < -0.4 is 4.74 Å². The van der Waals surface area contributed by atoms with Crippen LogP contribution in [0.5, 0.6) is 11.8 Å². The predicted molar refractivity (Wildman–Crippen MR) is 88.2 cm³/mol. The molecular formula is C19H18N2O. The Morgan fingerprint density at radius 3 is 2.18 bits per heavy atom. The Balaban J connectivity index is 2.10. The molecule has 2 aromatic carbocycles. The standard InChI is InChI=1S/C19H18N2O/c1-13-5-7-16(8-6-13)17-12-14(2)11-15(3)18(17)22-19-20-9-4-10-21-19/h4-12H,1-3H3. The second-order valence-electron chi connectivity index (χ2n) is 5.46. The number of aryl methyl sites for hydroxylation is 3. The average Bonchev–Trinajstić information content (AvgIpc) is 2.52. The number of aromatic nitrogens is 2. The van der Waals surface area contributed by atoms with Crippen molar-refractivity contribution in [1.82, 2.24) is 9.97 Å². The van der Waals surface area contributed by atoms with Crippen LogP contribution in [0.1, 0.15) is 16.7 Å². The van der Waals surface area contributed by atoms with E-state index in [-0.39, 0.29) is 0 Å². The maximum absolute atomic E-state index is 5.96. The van der Waals surface area contributed by atoms with Gasteiger partial charge in [-0.05, 0) is 49.6 Å². The molecule has 1 heterocycles. The van der Waals surface area contributed by atoms with Gasteiger partial charge in [0.25, 0.3) is 0 Å². The molecule has 0 saturated heterocycles. The van der Waals surface area contributed by atoms with Gasteiger partial charge in [0.1, 0.15) is 5.75 Å². The summed E-state index contributed by atoms with van der Waals surface area (Å²) in [5, 5.41) is 0. The first kappa shape index (κ1) is 14.3. The second-order valence-corrected chi connectivity index (χ2v) is 5.46. The van der Waals surface area contributed by atoms with E-state index in [4.69, 9.17) is 4.74 Å². The lowest BCUT2D eigenvalue weighted by Crippen LogP contribution is -1.96. The van der Waals surface area contributed by atoms with Gasteiger partial charge in [-0.15, -0.1) is 0 Å². The maximum Gasteiger partial charge on any atom is 0.321 e. The molecule has 0 aliphatic carbocycles. The lowest BCUT2D eigenvalue weighted by Gasteiger charge is -2.14. The van der Waals surface area contributed by atoms with Crippen molar-refractivity contribution in [1.29, 1.82) is 0 Å². The van der Waals surface area contributed by atoms with E-state index in [2.05, 4.69) is 60.2 Å². The molecule has 0 aliphatic heterocycles. The van der Waals surface area contributed by atoms with Crippen LogP contribution >= 0.6 is 0 Å². The number of hydrogen-bond donors (Lipinski definition) is 0. The van der Waals surface area contributed by atoms with Gasteiger partial charge in [0.05, 0.1) is 0 Å². The van der Waals surface area contributed by atoms with Crippen molar-refractivity contribution in [3.05, 3.63) is 71.5 Å². The predicted octanol–water partition coefficient (Wildman–Crippen LogP) is 4.86. The number of benzene rings is 2. The molecule has 3 heteroatoms. The van der Waals surface area contributed by atoms with E-state index in [1.807, 2.05) is 6.92 Å². The van der Waals surface area contributed by atoms with E-state index in [1.165, 1.54) is 11.1 Å². The Labute approximate surface area is 130 Å².